The van der Waals surface area contributed by atoms with Crippen LogP contribution in [0.15, 0.2) is 67.5 Å². The van der Waals surface area contributed by atoms with Gasteiger partial charge in [0, 0.05) is 37.7 Å². The number of aryl methyl sites for hydroxylation is 1. The Kier molecular flexibility index (Phi) is 7.86. The molecule has 0 saturated heterocycles. The molecule has 1 N–H and O–H groups in total. The van der Waals surface area contributed by atoms with Crippen LogP contribution >= 0.6 is 0 Å². The van der Waals surface area contributed by atoms with Gasteiger partial charge in [-0.05, 0) is 48.2 Å². The van der Waals surface area contributed by atoms with Crippen LogP contribution in [0.25, 0.3) is 6.08 Å². The van der Waals surface area contributed by atoms with Crippen LogP contribution in [0.2, 0.25) is 0 Å². The van der Waals surface area contributed by atoms with E-state index < -0.39 is 0 Å². The van der Waals surface area contributed by atoms with Crippen LogP contribution in [0.4, 0.5) is 17.1 Å². The molecular weight excluding hydrogens is 402 g/mol. The maximum Gasteiger partial charge on any atom is 0.340 e. The SMILES string of the molecule is C=Cc1ccc(N(C)c2ccc3c(c2)OCCC3)cc1.CNc1cnccc1C(=O)OC. The fourth-order valence-electron chi connectivity index (χ4n) is 3.40. The van der Waals surface area contributed by atoms with Gasteiger partial charge in [-0.2, -0.15) is 0 Å². The van der Waals surface area contributed by atoms with E-state index in [1.54, 1.807) is 25.5 Å². The molecule has 0 fully saturated rings. The van der Waals surface area contributed by atoms with Crippen LogP contribution in [-0.4, -0.2) is 38.8 Å². The van der Waals surface area contributed by atoms with Crippen molar-refractivity contribution in [3.8, 4) is 5.75 Å². The molecule has 0 spiro atoms. The molecular formula is C26H29N3O3. The number of carbonyl (C=O) groups is 1. The summed E-state index contributed by atoms with van der Waals surface area (Å²) in [4.78, 5) is 17.1. The molecule has 0 radical (unpaired) electrons. The van der Waals surface area contributed by atoms with E-state index in [-0.39, 0.29) is 5.97 Å². The number of fused-ring (bicyclic) bond motifs is 1. The summed E-state index contributed by atoms with van der Waals surface area (Å²) in [5, 5.41) is 2.85. The lowest BCUT2D eigenvalue weighted by Crippen LogP contribution is -2.12. The van der Waals surface area contributed by atoms with E-state index in [0.29, 0.717) is 11.3 Å². The summed E-state index contributed by atoms with van der Waals surface area (Å²) in [7, 11) is 5.15. The maximum atomic E-state index is 11.1. The van der Waals surface area contributed by atoms with Gasteiger partial charge >= 0.3 is 5.97 Å². The van der Waals surface area contributed by atoms with Gasteiger partial charge in [0.25, 0.3) is 0 Å². The molecule has 0 unspecified atom stereocenters. The summed E-state index contributed by atoms with van der Waals surface area (Å²) in [5.74, 6) is 0.671. The normalized spacial score (nSPS) is 11.7. The number of hydrogen-bond acceptors (Lipinski definition) is 6. The Morgan fingerprint density at radius 2 is 1.94 bits per heavy atom. The van der Waals surface area contributed by atoms with Gasteiger partial charge in [0.1, 0.15) is 5.75 Å². The fraction of sp³-hybridized carbons (Fsp3) is 0.231. The van der Waals surface area contributed by atoms with Crippen LogP contribution in [0.3, 0.4) is 0 Å². The molecule has 1 aliphatic heterocycles. The quantitative estimate of drug-likeness (QED) is 0.551. The Morgan fingerprint density at radius 3 is 2.62 bits per heavy atom. The van der Waals surface area contributed by atoms with Crippen molar-refractivity contribution in [2.24, 2.45) is 0 Å². The third-order valence-electron chi connectivity index (χ3n) is 5.30. The number of pyridine rings is 1. The van der Waals surface area contributed by atoms with E-state index >= 15 is 0 Å². The lowest BCUT2D eigenvalue weighted by Gasteiger charge is -2.23. The third-order valence-corrected chi connectivity index (χ3v) is 5.30. The van der Waals surface area contributed by atoms with Crippen LogP contribution in [-0.2, 0) is 11.2 Å². The minimum atomic E-state index is -0.359. The molecule has 1 aromatic heterocycles. The van der Waals surface area contributed by atoms with E-state index in [1.165, 1.54) is 12.7 Å². The van der Waals surface area contributed by atoms with Gasteiger partial charge in [0.2, 0.25) is 0 Å². The second-order valence-corrected chi connectivity index (χ2v) is 7.26. The first-order valence-corrected chi connectivity index (χ1v) is 10.5. The average molecular weight is 432 g/mol. The summed E-state index contributed by atoms with van der Waals surface area (Å²) in [6, 6.07) is 16.5. The monoisotopic (exact) mass is 431 g/mol. The van der Waals surface area contributed by atoms with Crippen molar-refractivity contribution < 1.29 is 14.3 Å². The number of hydrogen-bond donors (Lipinski definition) is 1. The smallest absolute Gasteiger partial charge is 0.340 e. The lowest BCUT2D eigenvalue weighted by atomic mass is 10.1. The number of nitrogens with one attached hydrogen (secondary N) is 1. The topological polar surface area (TPSA) is 63.7 Å². The Morgan fingerprint density at radius 1 is 1.19 bits per heavy atom. The van der Waals surface area contributed by atoms with Crippen LogP contribution in [0, 0.1) is 0 Å². The first kappa shape index (κ1) is 22.9. The Labute approximate surface area is 189 Å². The number of carbonyl (C=O) groups excluding carboxylic acids is 1. The number of rotatable bonds is 5. The van der Waals surface area contributed by atoms with Gasteiger partial charge in [0.15, 0.2) is 0 Å². The Balaban J connectivity index is 0.000000207. The molecule has 2 aromatic carbocycles. The average Bonchev–Trinajstić information content (AvgIpc) is 2.87. The largest absolute Gasteiger partial charge is 0.493 e. The number of benzene rings is 2. The summed E-state index contributed by atoms with van der Waals surface area (Å²) in [6.45, 7) is 4.61. The minimum Gasteiger partial charge on any atom is -0.493 e. The zero-order chi connectivity index (χ0) is 22.9. The van der Waals surface area contributed by atoms with E-state index in [1.807, 2.05) is 6.08 Å². The zero-order valence-corrected chi connectivity index (χ0v) is 18.8. The summed E-state index contributed by atoms with van der Waals surface area (Å²) >= 11 is 0. The summed E-state index contributed by atoms with van der Waals surface area (Å²) in [5.41, 5.74) is 5.93. The Hall–Kier alpha value is -3.80. The van der Waals surface area contributed by atoms with Crippen molar-refractivity contribution in [3.05, 3.63) is 84.2 Å². The standard InChI is InChI=1S/C18H19NO.C8H10N2O2/c1-3-14-6-9-16(10-7-14)19(2)17-11-8-15-5-4-12-20-18(15)13-17;1-9-7-5-10-4-3-6(7)8(11)12-2/h3,6-11,13H,1,4-5,12H2,2H3;3-5,9H,1-2H3. The van der Waals surface area contributed by atoms with Gasteiger partial charge in [0.05, 0.1) is 31.2 Å². The fourth-order valence-corrected chi connectivity index (χ4v) is 3.40. The highest BCUT2D eigenvalue weighted by molar-refractivity contribution is 5.95. The van der Waals surface area contributed by atoms with Gasteiger partial charge < -0.3 is 19.7 Å². The van der Waals surface area contributed by atoms with Crippen LogP contribution < -0.4 is 15.0 Å². The number of esters is 1. The van der Waals surface area contributed by atoms with E-state index in [4.69, 9.17) is 4.74 Å². The highest BCUT2D eigenvalue weighted by Gasteiger charge is 2.13. The van der Waals surface area contributed by atoms with Gasteiger partial charge in [-0.15, -0.1) is 0 Å². The van der Waals surface area contributed by atoms with Crippen LogP contribution in [0.5, 0.6) is 5.75 Å². The van der Waals surface area contributed by atoms with Gasteiger partial charge in [-0.25, -0.2) is 4.79 Å². The van der Waals surface area contributed by atoms with E-state index in [9.17, 15) is 4.79 Å². The van der Waals surface area contributed by atoms with Gasteiger partial charge in [-0.1, -0.05) is 30.9 Å². The number of methoxy groups -OCH3 is 1. The molecule has 0 bridgehead atoms. The third kappa shape index (κ3) is 5.46. The molecule has 1 aliphatic rings. The minimum absolute atomic E-state index is 0.359. The molecule has 4 rings (SSSR count). The molecule has 166 valence electrons. The molecule has 0 atom stereocenters. The Bertz CT molecular complexity index is 1060. The highest BCUT2D eigenvalue weighted by atomic mass is 16.5. The number of nitrogens with zero attached hydrogens (tertiary/aromatic N) is 2. The number of aromatic nitrogens is 1. The first-order valence-electron chi connectivity index (χ1n) is 10.5. The van der Waals surface area contributed by atoms with Crippen molar-refractivity contribution in [1.29, 1.82) is 0 Å². The summed E-state index contributed by atoms with van der Waals surface area (Å²) < 4.78 is 10.3. The van der Waals surface area contributed by atoms with Crippen molar-refractivity contribution in [2.75, 3.05) is 38.0 Å². The van der Waals surface area contributed by atoms with Crippen LogP contribution in [0.1, 0.15) is 27.9 Å². The summed E-state index contributed by atoms with van der Waals surface area (Å²) in [6.07, 6.45) is 7.22. The lowest BCUT2D eigenvalue weighted by molar-refractivity contribution is 0.0601. The molecule has 0 aliphatic carbocycles. The molecule has 0 saturated carbocycles. The predicted octanol–water partition coefficient (Wildman–Crippen LogP) is 5.33. The van der Waals surface area contributed by atoms with Crippen molar-refractivity contribution >= 4 is 29.1 Å². The van der Waals surface area contributed by atoms with E-state index in [2.05, 4.69) is 76.0 Å². The maximum absolute atomic E-state index is 11.1. The zero-order valence-electron chi connectivity index (χ0n) is 18.8. The van der Waals surface area contributed by atoms with Crippen molar-refractivity contribution in [1.82, 2.24) is 4.98 Å². The van der Waals surface area contributed by atoms with E-state index in [0.717, 1.165) is 42.1 Å². The van der Waals surface area contributed by atoms with Crippen molar-refractivity contribution in [2.45, 2.75) is 12.8 Å². The molecule has 6 nitrogen and oxygen atoms in total. The molecule has 32 heavy (non-hydrogen) atoms. The highest BCUT2D eigenvalue weighted by Crippen LogP contribution is 2.32. The second kappa shape index (κ2) is 11.0. The van der Waals surface area contributed by atoms with Gasteiger partial charge in [-0.3, -0.25) is 4.98 Å². The van der Waals surface area contributed by atoms with Crippen molar-refractivity contribution in [3.63, 3.8) is 0 Å². The molecule has 0 amide bonds. The molecule has 6 heteroatoms. The number of anilines is 3. The predicted molar refractivity (Wildman–Crippen MR) is 130 cm³/mol. The molecule has 2 heterocycles. The molecule has 3 aromatic rings. The second-order valence-electron chi connectivity index (χ2n) is 7.26. The number of ether oxygens (including phenoxy) is 2. The first-order chi connectivity index (χ1) is 15.6.